The molecular weight excluding hydrogens is 844 g/mol. The number of carbonyl (C=O) groups excluding carboxylic acids is 3. The second-order valence-electron chi connectivity index (χ2n) is 15.7. The predicted molar refractivity (Wildman–Crippen MR) is 250 cm³/mol. The summed E-state index contributed by atoms with van der Waals surface area (Å²) in [6.45, 7) is 10.6. The molecule has 0 spiro atoms. The van der Waals surface area contributed by atoms with Gasteiger partial charge in [0.1, 0.15) is 0 Å². The van der Waals surface area contributed by atoms with Gasteiger partial charge in [-0.2, -0.15) is 8.42 Å². The Bertz CT molecular complexity index is 1450. The summed E-state index contributed by atoms with van der Waals surface area (Å²) >= 11 is 0. The van der Waals surface area contributed by atoms with Crippen molar-refractivity contribution < 1.29 is 45.2 Å². The van der Waals surface area contributed by atoms with Crippen LogP contribution in [0.25, 0.3) is 0 Å². The number of hydrogen-bond donors (Lipinski definition) is 3. The first kappa shape index (κ1) is 63.8. The number of nitrogen functional groups attached to an aromatic ring is 1. The molecule has 0 aliphatic rings. The van der Waals surface area contributed by atoms with E-state index in [9.17, 15) is 35.8 Å². The minimum atomic E-state index is -4.76. The molecule has 4 N–H and O–H groups in total. The van der Waals surface area contributed by atoms with Crippen molar-refractivity contribution in [3.8, 4) is 0 Å². The Morgan fingerprint density at radius 3 is 1.43 bits per heavy atom. The molecule has 16 heteroatoms. The van der Waals surface area contributed by atoms with Gasteiger partial charge in [0.25, 0.3) is 20.1 Å². The van der Waals surface area contributed by atoms with Crippen molar-refractivity contribution in [3.63, 3.8) is 0 Å². The first-order valence-corrected chi connectivity index (χ1v) is 25.3. The van der Waals surface area contributed by atoms with Gasteiger partial charge in [0.2, 0.25) is 5.91 Å². The molecule has 0 saturated heterocycles. The third-order valence-electron chi connectivity index (χ3n) is 10.4. The summed E-state index contributed by atoms with van der Waals surface area (Å²) < 4.78 is 69.2. The van der Waals surface area contributed by atoms with E-state index in [2.05, 4.69) is 25.5 Å². The number of unbranched alkanes of at least 4 members (excludes halogenated alkanes) is 16. The van der Waals surface area contributed by atoms with Crippen molar-refractivity contribution in [1.29, 1.82) is 0 Å². The Labute approximate surface area is 417 Å². The van der Waals surface area contributed by atoms with Crippen molar-refractivity contribution >= 4 is 111 Å². The molecule has 0 aromatic heterocycles. The molecule has 1 amide bonds. The normalized spacial score (nSPS) is 12.7. The van der Waals surface area contributed by atoms with Gasteiger partial charge >= 0.3 is 79.2 Å². The van der Waals surface area contributed by atoms with Gasteiger partial charge in [0.15, 0.2) is 5.25 Å². The van der Waals surface area contributed by atoms with E-state index < -0.39 is 49.7 Å². The molecule has 344 valence electrons. The number of amides is 1. The van der Waals surface area contributed by atoms with Crippen LogP contribution in [0.3, 0.4) is 0 Å². The van der Waals surface area contributed by atoms with Crippen LogP contribution in [-0.2, 0) is 44.0 Å². The van der Waals surface area contributed by atoms with Crippen molar-refractivity contribution in [1.82, 2.24) is 4.72 Å². The van der Waals surface area contributed by atoms with Gasteiger partial charge < -0.3 is 15.2 Å². The van der Waals surface area contributed by atoms with Crippen LogP contribution in [0.2, 0.25) is 0 Å². The Morgan fingerprint density at radius 2 is 1.03 bits per heavy atom. The fraction of sp³-hybridized carbons (Fsp3) is 0.795. The van der Waals surface area contributed by atoms with Gasteiger partial charge in [0, 0.05) is 12.1 Å². The van der Waals surface area contributed by atoms with Crippen LogP contribution in [0.1, 0.15) is 195 Å². The first-order valence-electron chi connectivity index (χ1n) is 22.3. The van der Waals surface area contributed by atoms with Crippen LogP contribution < -0.4 is 10.5 Å². The Kier molecular flexibility index (Phi) is 42.7. The van der Waals surface area contributed by atoms with Crippen LogP contribution in [-0.4, -0.2) is 125 Å². The standard InChI is InChI=1S/C24H42N2O3S.C20H38O7S.Ca.Na.3H/c1-2-3-4-5-6-7-8-9-10-11-12-13-14-15-16-17-24(27)26-30(28,29)23-20-18-22(25)19-21-23;1-5-9-11-16(7-3)14-26-19(21)13-18(28(23,24)25)20(22)27-15-17(8-4)12-10-6-2;;;;;/h18-21H,2-17,25H2,1H3,(H,26,27);16-18H,5-15H2,1-4H3,(H,23,24,25);;;;;. The molecule has 0 saturated carbocycles. The molecule has 0 fully saturated rings. The van der Waals surface area contributed by atoms with Crippen LogP contribution >= 0.6 is 0 Å². The number of ether oxygens (including phenoxy) is 2. The van der Waals surface area contributed by atoms with Crippen molar-refractivity contribution in [2.24, 2.45) is 11.8 Å². The van der Waals surface area contributed by atoms with E-state index in [0.717, 1.165) is 70.6 Å². The maximum atomic E-state index is 12.2. The fourth-order valence-corrected chi connectivity index (χ4v) is 8.06. The summed E-state index contributed by atoms with van der Waals surface area (Å²) in [6.07, 6.45) is 25.9. The number of esters is 2. The quantitative estimate of drug-likeness (QED) is 0.0196. The van der Waals surface area contributed by atoms with E-state index in [1.54, 1.807) is 0 Å². The van der Waals surface area contributed by atoms with Crippen LogP contribution in [0.5, 0.6) is 0 Å². The average Bonchev–Trinajstić information content (AvgIpc) is 3.18. The van der Waals surface area contributed by atoms with Crippen LogP contribution in [0.15, 0.2) is 29.2 Å². The summed E-state index contributed by atoms with van der Waals surface area (Å²) in [7, 11) is -8.57. The number of hydrogen-bond acceptors (Lipinski definition) is 10. The molecule has 12 nitrogen and oxygen atoms in total. The second-order valence-corrected chi connectivity index (χ2v) is 18.9. The zero-order valence-corrected chi connectivity index (χ0v) is 38.3. The molecule has 0 radical (unpaired) electrons. The van der Waals surface area contributed by atoms with E-state index >= 15 is 0 Å². The number of benzene rings is 1. The van der Waals surface area contributed by atoms with Crippen molar-refractivity contribution in [2.45, 2.75) is 205 Å². The van der Waals surface area contributed by atoms with Crippen molar-refractivity contribution in [3.05, 3.63) is 24.3 Å². The minimum absolute atomic E-state index is 0. The van der Waals surface area contributed by atoms with E-state index in [0.29, 0.717) is 5.69 Å². The molecule has 3 unspecified atom stereocenters. The summed E-state index contributed by atoms with van der Waals surface area (Å²) in [5.74, 6) is -2.05. The predicted octanol–water partition coefficient (Wildman–Crippen LogP) is 8.92. The number of sulfonamides is 1. The summed E-state index contributed by atoms with van der Waals surface area (Å²) in [5, 5.41) is -1.95. The zero-order chi connectivity index (χ0) is 43.7. The van der Waals surface area contributed by atoms with Crippen LogP contribution in [0, 0.1) is 11.8 Å². The van der Waals surface area contributed by atoms with Gasteiger partial charge in [0.05, 0.1) is 24.5 Å². The van der Waals surface area contributed by atoms with E-state index in [1.165, 1.54) is 101 Å². The zero-order valence-electron chi connectivity index (χ0n) is 36.6. The number of anilines is 1. The van der Waals surface area contributed by atoms with Gasteiger partial charge in [-0.05, 0) is 55.4 Å². The Morgan fingerprint density at radius 1 is 0.633 bits per heavy atom. The molecule has 1 aromatic rings. The van der Waals surface area contributed by atoms with Gasteiger partial charge in [-0.3, -0.25) is 18.9 Å². The van der Waals surface area contributed by atoms with E-state index in [-0.39, 0.29) is 104 Å². The number of rotatable bonds is 34. The number of nitrogens with one attached hydrogen (secondary N) is 1. The summed E-state index contributed by atoms with van der Waals surface area (Å²) in [4.78, 5) is 36.2. The average molecular weight is 927 g/mol. The molecule has 3 atom stereocenters. The topological polar surface area (TPSA) is 196 Å². The van der Waals surface area contributed by atoms with Crippen LogP contribution in [0.4, 0.5) is 5.69 Å². The Balaban J connectivity index is -0.00000105. The molecule has 1 rings (SSSR count). The van der Waals surface area contributed by atoms with Gasteiger partial charge in [-0.15, -0.1) is 0 Å². The molecule has 60 heavy (non-hydrogen) atoms. The van der Waals surface area contributed by atoms with Crippen molar-refractivity contribution in [2.75, 3.05) is 18.9 Å². The SMILES string of the molecule is CCCCC(CC)COC(=O)CC(C(=O)OCC(CC)CCCC)S(=O)(=O)O.CCCCCCCCCCCCCCCCCC(=O)NS(=O)(=O)c1ccc(N)cc1.[CaH2].[NaH]. The molecule has 1 aromatic carbocycles. The third-order valence-corrected chi connectivity index (χ3v) is 12.9. The molecule has 0 heterocycles. The molecule has 0 aliphatic heterocycles. The maximum absolute atomic E-state index is 12.2. The van der Waals surface area contributed by atoms with Gasteiger partial charge in [-0.25, -0.2) is 13.1 Å². The molecule has 0 aliphatic carbocycles. The van der Waals surface area contributed by atoms with Gasteiger partial charge in [-0.1, -0.05) is 163 Å². The first-order chi connectivity index (χ1) is 27.6. The fourth-order valence-electron chi connectivity index (χ4n) is 6.38. The monoisotopic (exact) mass is 927 g/mol. The van der Waals surface area contributed by atoms with E-state index in [1.807, 2.05) is 13.8 Å². The second kappa shape index (κ2) is 40.1. The molecule has 0 bridgehead atoms. The Hall–Kier alpha value is -0.450. The summed E-state index contributed by atoms with van der Waals surface area (Å²) in [5.41, 5.74) is 6.04. The number of carbonyl (C=O) groups is 3. The van der Waals surface area contributed by atoms with E-state index in [4.69, 9.17) is 15.2 Å². The third kappa shape index (κ3) is 34.0. The summed E-state index contributed by atoms with van der Waals surface area (Å²) in [6, 6.07) is 5.82. The molecular formula is C44H83CaN2NaO10S2. The number of nitrogens with two attached hydrogens (primary N) is 1.